The Hall–Kier alpha value is -3.94. The molecule has 0 aliphatic carbocycles. The average molecular weight is 365 g/mol. The number of aromatic nitrogens is 1. The molecule has 134 valence electrons. The molecule has 4 rings (SSSR count). The Kier molecular flexibility index (Phi) is 3.73. The molecule has 8 heteroatoms. The number of amides is 2. The van der Waals surface area contributed by atoms with Gasteiger partial charge in [0, 0.05) is 6.07 Å². The third kappa shape index (κ3) is 2.63. The lowest BCUT2D eigenvalue weighted by molar-refractivity contribution is 0.0880. The Morgan fingerprint density at radius 3 is 2.33 bits per heavy atom. The number of nitrogens with two attached hydrogens (primary N) is 1. The molecule has 0 bridgehead atoms. The Bertz CT molecular complexity index is 1170. The van der Waals surface area contributed by atoms with Crippen molar-refractivity contribution < 1.29 is 18.7 Å². The lowest BCUT2D eigenvalue weighted by Crippen LogP contribution is -2.24. The molecule has 0 unspecified atom stereocenters. The maximum atomic E-state index is 13.9. The van der Waals surface area contributed by atoms with Crippen molar-refractivity contribution in [3.8, 4) is 17.2 Å². The normalized spacial score (nSPS) is 12.6. The van der Waals surface area contributed by atoms with Crippen LogP contribution in [0, 0.1) is 5.82 Å². The van der Waals surface area contributed by atoms with Gasteiger partial charge in [0.2, 0.25) is 0 Å². The zero-order valence-corrected chi connectivity index (χ0v) is 13.7. The van der Waals surface area contributed by atoms with Crippen LogP contribution in [0.25, 0.3) is 5.69 Å². The number of nitrogens with one attached hydrogen (secondary N) is 1. The van der Waals surface area contributed by atoms with Crippen molar-refractivity contribution in [2.75, 3.05) is 5.73 Å². The smallest absolute Gasteiger partial charge is 0.262 e. The van der Waals surface area contributed by atoms with Gasteiger partial charge in [-0.15, -0.1) is 0 Å². The number of carbonyl (C=O) groups excluding carboxylic acids is 2. The molecule has 1 aliphatic rings. The van der Waals surface area contributed by atoms with E-state index in [1.165, 1.54) is 30.3 Å². The van der Waals surface area contributed by atoms with Crippen molar-refractivity contribution in [1.29, 1.82) is 0 Å². The standard InChI is InChI=1S/C19H12FN3O4/c20-11-5-1-3-7-13(11)27-14-8-4-2-6-12(14)23-15(24)9-10-16(17(23)21)19(26)22-18(10)25/h1-9H,21H2,(H,22,25,26). The van der Waals surface area contributed by atoms with Crippen LogP contribution < -0.4 is 21.3 Å². The van der Waals surface area contributed by atoms with Gasteiger partial charge in [-0.3, -0.25) is 24.3 Å². The summed E-state index contributed by atoms with van der Waals surface area (Å²) in [6, 6.07) is 13.2. The molecule has 3 aromatic rings. The summed E-state index contributed by atoms with van der Waals surface area (Å²) in [7, 11) is 0. The van der Waals surface area contributed by atoms with E-state index in [2.05, 4.69) is 5.32 Å². The van der Waals surface area contributed by atoms with E-state index >= 15 is 0 Å². The average Bonchev–Trinajstić information content (AvgIpc) is 2.92. The van der Waals surface area contributed by atoms with Crippen LogP contribution in [0.5, 0.6) is 11.5 Å². The van der Waals surface area contributed by atoms with Crippen LogP contribution in [0.2, 0.25) is 0 Å². The summed E-state index contributed by atoms with van der Waals surface area (Å²) >= 11 is 0. The highest BCUT2D eigenvalue weighted by Gasteiger charge is 2.32. The van der Waals surface area contributed by atoms with Crippen LogP contribution in [0.15, 0.2) is 59.4 Å². The molecule has 0 saturated carbocycles. The van der Waals surface area contributed by atoms with Crippen molar-refractivity contribution in [1.82, 2.24) is 9.88 Å². The summed E-state index contributed by atoms with van der Waals surface area (Å²) in [6.07, 6.45) is 0. The van der Waals surface area contributed by atoms with Crippen molar-refractivity contribution in [3.05, 3.63) is 81.9 Å². The number of nitrogens with zero attached hydrogens (tertiary/aromatic N) is 1. The second-order valence-corrected chi connectivity index (χ2v) is 5.78. The molecule has 2 amide bonds. The number of anilines is 1. The zero-order valence-electron chi connectivity index (χ0n) is 13.7. The van der Waals surface area contributed by atoms with Crippen molar-refractivity contribution in [2.45, 2.75) is 0 Å². The number of rotatable bonds is 3. The number of benzene rings is 2. The number of hydrogen-bond acceptors (Lipinski definition) is 5. The van der Waals surface area contributed by atoms with Crippen LogP contribution in [0.1, 0.15) is 20.7 Å². The molecule has 1 aromatic heterocycles. The number of halogens is 1. The van der Waals surface area contributed by atoms with Gasteiger partial charge in [-0.05, 0) is 24.3 Å². The highest BCUT2D eigenvalue weighted by molar-refractivity contribution is 6.23. The maximum absolute atomic E-state index is 13.9. The second kappa shape index (κ2) is 6.10. The van der Waals surface area contributed by atoms with Gasteiger partial charge in [-0.25, -0.2) is 4.39 Å². The Morgan fingerprint density at radius 2 is 1.59 bits per heavy atom. The van der Waals surface area contributed by atoms with E-state index in [4.69, 9.17) is 10.5 Å². The van der Waals surface area contributed by atoms with Crippen LogP contribution in [-0.2, 0) is 0 Å². The molecule has 27 heavy (non-hydrogen) atoms. The largest absolute Gasteiger partial charge is 0.452 e. The third-order valence-corrected chi connectivity index (χ3v) is 4.12. The molecule has 0 atom stereocenters. The first-order valence-corrected chi connectivity index (χ1v) is 7.90. The van der Waals surface area contributed by atoms with Crippen LogP contribution in [-0.4, -0.2) is 16.4 Å². The van der Waals surface area contributed by atoms with Gasteiger partial charge in [-0.1, -0.05) is 24.3 Å². The number of ether oxygens (including phenoxy) is 1. The van der Waals surface area contributed by atoms with E-state index in [9.17, 15) is 18.8 Å². The zero-order chi connectivity index (χ0) is 19.1. The molecule has 2 aromatic carbocycles. The van der Waals surface area contributed by atoms with E-state index in [-0.39, 0.29) is 34.1 Å². The first-order valence-electron chi connectivity index (χ1n) is 7.90. The molecule has 0 fully saturated rings. The van der Waals surface area contributed by atoms with Gasteiger partial charge in [0.25, 0.3) is 17.4 Å². The van der Waals surface area contributed by atoms with Crippen LogP contribution in [0.4, 0.5) is 10.2 Å². The summed E-state index contributed by atoms with van der Waals surface area (Å²) in [4.78, 5) is 36.4. The minimum Gasteiger partial charge on any atom is -0.452 e. The summed E-state index contributed by atoms with van der Waals surface area (Å²) < 4.78 is 20.6. The number of fused-ring (bicyclic) bond motifs is 1. The Labute approximate surface area is 151 Å². The number of imide groups is 1. The van der Waals surface area contributed by atoms with Gasteiger partial charge < -0.3 is 10.5 Å². The van der Waals surface area contributed by atoms with Gasteiger partial charge in [0.15, 0.2) is 17.3 Å². The summed E-state index contributed by atoms with van der Waals surface area (Å²) in [5.41, 5.74) is 5.45. The van der Waals surface area contributed by atoms with Crippen LogP contribution in [0.3, 0.4) is 0 Å². The summed E-state index contributed by atoms with van der Waals surface area (Å²) in [5.74, 6) is -2.03. The molecule has 2 heterocycles. The van der Waals surface area contributed by atoms with Gasteiger partial charge in [0.05, 0.1) is 16.8 Å². The Morgan fingerprint density at radius 1 is 0.926 bits per heavy atom. The molecule has 0 spiro atoms. The van der Waals surface area contributed by atoms with E-state index in [0.29, 0.717) is 0 Å². The van der Waals surface area contributed by atoms with E-state index in [1.807, 2.05) is 0 Å². The van der Waals surface area contributed by atoms with Crippen molar-refractivity contribution >= 4 is 17.6 Å². The monoisotopic (exact) mass is 365 g/mol. The topological polar surface area (TPSA) is 103 Å². The summed E-state index contributed by atoms with van der Waals surface area (Å²) in [6.45, 7) is 0. The first-order chi connectivity index (χ1) is 13.0. The van der Waals surface area contributed by atoms with E-state index in [0.717, 1.165) is 10.6 Å². The fourth-order valence-corrected chi connectivity index (χ4v) is 2.90. The highest BCUT2D eigenvalue weighted by atomic mass is 19.1. The maximum Gasteiger partial charge on any atom is 0.262 e. The fourth-order valence-electron chi connectivity index (χ4n) is 2.90. The van der Waals surface area contributed by atoms with E-state index in [1.54, 1.807) is 18.2 Å². The minimum atomic E-state index is -0.686. The molecule has 0 radical (unpaired) electrons. The van der Waals surface area contributed by atoms with E-state index < -0.39 is 23.2 Å². The third-order valence-electron chi connectivity index (χ3n) is 4.12. The lowest BCUT2D eigenvalue weighted by atomic mass is 10.1. The SMILES string of the molecule is Nc1c2c(cc(=O)n1-c1ccccc1Oc1ccccc1F)C(=O)NC2=O. The van der Waals surface area contributed by atoms with Crippen molar-refractivity contribution in [3.63, 3.8) is 0 Å². The molecule has 0 saturated heterocycles. The first kappa shape index (κ1) is 16.5. The highest BCUT2D eigenvalue weighted by Crippen LogP contribution is 2.31. The fraction of sp³-hybridized carbons (Fsp3) is 0. The number of para-hydroxylation sites is 3. The lowest BCUT2D eigenvalue weighted by Gasteiger charge is -2.16. The molecule has 1 aliphatic heterocycles. The Balaban J connectivity index is 1.90. The second-order valence-electron chi connectivity index (χ2n) is 5.78. The van der Waals surface area contributed by atoms with Gasteiger partial charge in [-0.2, -0.15) is 0 Å². The van der Waals surface area contributed by atoms with Gasteiger partial charge in [0.1, 0.15) is 5.82 Å². The predicted octanol–water partition coefficient (Wildman–Crippen LogP) is 2.23. The molecular weight excluding hydrogens is 353 g/mol. The van der Waals surface area contributed by atoms with Crippen LogP contribution >= 0.6 is 0 Å². The minimum absolute atomic E-state index is 0.0364. The van der Waals surface area contributed by atoms with Gasteiger partial charge >= 0.3 is 0 Å². The number of pyridine rings is 1. The molecular formula is C19H12FN3O4. The summed E-state index contributed by atoms with van der Waals surface area (Å²) in [5, 5.41) is 2.10. The molecule has 3 N–H and O–H groups in total. The number of carbonyl (C=O) groups is 2. The molecule has 7 nitrogen and oxygen atoms in total. The quantitative estimate of drug-likeness (QED) is 0.693. The number of nitrogen functional groups attached to an aromatic ring is 1. The predicted molar refractivity (Wildman–Crippen MR) is 94.7 cm³/mol. The van der Waals surface area contributed by atoms with Crippen molar-refractivity contribution in [2.24, 2.45) is 0 Å². The number of hydrogen-bond donors (Lipinski definition) is 2.